The van der Waals surface area contributed by atoms with Gasteiger partial charge in [0.2, 0.25) is 0 Å². The topological polar surface area (TPSA) is 16.4 Å². The van der Waals surface area contributed by atoms with E-state index in [4.69, 9.17) is 4.42 Å². The number of furan rings is 1. The first kappa shape index (κ1) is 26.0. The third-order valence-electron chi connectivity index (χ3n) is 9.96. The van der Waals surface area contributed by atoms with Crippen LogP contribution in [0.2, 0.25) is 0 Å². The highest BCUT2D eigenvalue weighted by Crippen LogP contribution is 2.41. The number of nitrogens with zero attached hydrogens (tertiary/aromatic N) is 1. The standard InChI is InChI=1S/C50H33NO/c1-3-14-42-34(10-1)12-7-17-44(42)36-22-28-39(29-23-36)51(40-30-24-37(25-31-40)45-18-8-13-35-11-2-4-15-43(35)45)41-32-26-38(27-33-41)46-19-9-20-48-47-16-5-6-21-49(47)52-50(46)48/h1-33H/i22D,23D,28D,29D. The Hall–Kier alpha value is -6.90. The fraction of sp³-hybridized carbons (Fsp3) is 0. The molecule has 0 aliphatic rings. The van der Waals surface area contributed by atoms with Crippen LogP contribution in [0.4, 0.5) is 17.1 Å². The molecular formula is C50H33NO. The highest BCUT2D eigenvalue weighted by Gasteiger charge is 2.16. The molecule has 2 nitrogen and oxygen atoms in total. The van der Waals surface area contributed by atoms with Crippen molar-refractivity contribution < 1.29 is 9.90 Å². The summed E-state index contributed by atoms with van der Waals surface area (Å²) in [7, 11) is 0. The van der Waals surface area contributed by atoms with Gasteiger partial charge in [0.1, 0.15) is 11.2 Å². The minimum Gasteiger partial charge on any atom is -0.455 e. The summed E-state index contributed by atoms with van der Waals surface area (Å²) in [6.45, 7) is 0. The zero-order chi connectivity index (χ0) is 37.9. The lowest BCUT2D eigenvalue weighted by atomic mass is 9.97. The molecule has 0 saturated heterocycles. The van der Waals surface area contributed by atoms with E-state index in [1.807, 2.05) is 120 Å². The molecule has 0 bridgehead atoms. The molecule has 0 atom stereocenters. The Morgan fingerprint density at radius 2 is 0.808 bits per heavy atom. The molecule has 10 aromatic rings. The molecule has 0 aliphatic heterocycles. The summed E-state index contributed by atoms with van der Waals surface area (Å²) >= 11 is 0. The van der Waals surface area contributed by atoms with E-state index in [0.29, 0.717) is 16.9 Å². The smallest absolute Gasteiger partial charge is 0.143 e. The second-order valence-electron chi connectivity index (χ2n) is 13.0. The molecule has 9 aromatic carbocycles. The van der Waals surface area contributed by atoms with Gasteiger partial charge < -0.3 is 9.32 Å². The quantitative estimate of drug-likeness (QED) is 0.175. The van der Waals surface area contributed by atoms with Crippen LogP contribution in [0.5, 0.6) is 0 Å². The normalized spacial score (nSPS) is 12.5. The maximum absolute atomic E-state index is 9.50. The molecular weight excluding hydrogens is 631 g/mol. The van der Waals surface area contributed by atoms with Crippen LogP contribution in [-0.4, -0.2) is 0 Å². The zero-order valence-electron chi connectivity index (χ0n) is 32.1. The number of rotatable bonds is 6. The first-order chi connectivity index (χ1) is 27.5. The molecule has 244 valence electrons. The minimum atomic E-state index is -0.122. The third kappa shape index (κ3) is 5.12. The van der Waals surface area contributed by atoms with E-state index in [2.05, 4.69) is 60.7 Å². The molecule has 10 rings (SSSR count). The van der Waals surface area contributed by atoms with E-state index in [9.17, 15) is 5.48 Å². The maximum Gasteiger partial charge on any atom is 0.143 e. The lowest BCUT2D eigenvalue weighted by molar-refractivity contribution is 0.670. The summed E-state index contributed by atoms with van der Waals surface area (Å²) in [4.78, 5) is 1.84. The molecule has 52 heavy (non-hydrogen) atoms. The van der Waals surface area contributed by atoms with Crippen LogP contribution in [0.25, 0.3) is 76.9 Å². The van der Waals surface area contributed by atoms with Gasteiger partial charge in [0, 0.05) is 33.4 Å². The molecule has 0 saturated carbocycles. The third-order valence-corrected chi connectivity index (χ3v) is 9.96. The summed E-state index contributed by atoms with van der Waals surface area (Å²) < 4.78 is 44.1. The number of benzene rings is 9. The highest BCUT2D eigenvalue weighted by atomic mass is 16.3. The predicted molar refractivity (Wildman–Crippen MR) is 220 cm³/mol. The van der Waals surface area contributed by atoms with E-state index in [1.165, 1.54) is 0 Å². The van der Waals surface area contributed by atoms with Crippen molar-refractivity contribution in [1.29, 1.82) is 0 Å². The summed E-state index contributed by atoms with van der Waals surface area (Å²) in [6, 6.07) is 58.1. The van der Waals surface area contributed by atoms with Crippen LogP contribution in [-0.2, 0) is 0 Å². The molecule has 1 aromatic heterocycles. The predicted octanol–water partition coefficient (Wildman–Crippen LogP) is 14.4. The molecule has 0 spiro atoms. The molecule has 0 amide bonds. The molecule has 2 heteroatoms. The Balaban J connectivity index is 1.14. The molecule has 0 unspecified atom stereocenters. The highest BCUT2D eigenvalue weighted by molar-refractivity contribution is 6.09. The summed E-state index contributed by atoms with van der Waals surface area (Å²) in [6.07, 6.45) is 0. The zero-order valence-corrected chi connectivity index (χ0v) is 28.1. The number of anilines is 3. The van der Waals surface area contributed by atoms with Crippen molar-refractivity contribution in [2.75, 3.05) is 4.90 Å². The van der Waals surface area contributed by atoms with E-state index >= 15 is 0 Å². The van der Waals surface area contributed by atoms with E-state index in [-0.39, 0.29) is 35.4 Å². The van der Waals surface area contributed by atoms with Crippen molar-refractivity contribution in [2.45, 2.75) is 0 Å². The Labute approximate surface area is 308 Å². The van der Waals surface area contributed by atoms with Crippen LogP contribution in [0, 0.1) is 0 Å². The van der Waals surface area contributed by atoms with Gasteiger partial charge in [0.15, 0.2) is 0 Å². The molecule has 0 radical (unpaired) electrons. The van der Waals surface area contributed by atoms with Crippen molar-refractivity contribution in [3.63, 3.8) is 0 Å². The van der Waals surface area contributed by atoms with Gasteiger partial charge in [-0.1, -0.05) is 158 Å². The van der Waals surface area contributed by atoms with Crippen LogP contribution in [0.1, 0.15) is 5.48 Å². The molecule has 0 aliphatic carbocycles. The van der Waals surface area contributed by atoms with Crippen molar-refractivity contribution in [3.05, 3.63) is 200 Å². The van der Waals surface area contributed by atoms with E-state index in [0.717, 1.165) is 65.7 Å². The lowest BCUT2D eigenvalue weighted by Gasteiger charge is -2.26. The van der Waals surface area contributed by atoms with E-state index < -0.39 is 0 Å². The average Bonchev–Trinajstić information content (AvgIpc) is 3.64. The van der Waals surface area contributed by atoms with Gasteiger partial charge in [0.05, 0.1) is 5.48 Å². The van der Waals surface area contributed by atoms with Gasteiger partial charge in [-0.3, -0.25) is 0 Å². The summed E-state index contributed by atoms with van der Waals surface area (Å²) in [5.74, 6) is 0. The van der Waals surface area contributed by atoms with Gasteiger partial charge in [-0.15, -0.1) is 0 Å². The van der Waals surface area contributed by atoms with Gasteiger partial charge in [-0.2, -0.15) is 0 Å². The lowest BCUT2D eigenvalue weighted by Crippen LogP contribution is -2.09. The van der Waals surface area contributed by atoms with Gasteiger partial charge in [0.25, 0.3) is 0 Å². The summed E-state index contributed by atoms with van der Waals surface area (Å²) in [5.41, 5.74) is 8.22. The number of para-hydroxylation sites is 2. The average molecular weight is 668 g/mol. The second-order valence-corrected chi connectivity index (χ2v) is 13.0. The maximum atomic E-state index is 9.50. The molecule has 0 N–H and O–H groups in total. The van der Waals surface area contributed by atoms with E-state index in [1.54, 1.807) is 0 Å². The minimum absolute atomic E-state index is 0.0945. The Morgan fingerprint density at radius 3 is 1.44 bits per heavy atom. The first-order valence-corrected chi connectivity index (χ1v) is 17.4. The Bertz CT molecular complexity index is 3090. The monoisotopic (exact) mass is 667 g/mol. The van der Waals surface area contributed by atoms with Gasteiger partial charge >= 0.3 is 0 Å². The van der Waals surface area contributed by atoms with Crippen LogP contribution >= 0.6 is 0 Å². The Kier molecular flexibility index (Phi) is 6.22. The number of fused-ring (bicyclic) bond motifs is 5. The van der Waals surface area contributed by atoms with Gasteiger partial charge in [-0.25, -0.2) is 0 Å². The van der Waals surface area contributed by atoms with Crippen molar-refractivity contribution in [2.24, 2.45) is 0 Å². The van der Waals surface area contributed by atoms with Crippen LogP contribution in [0.15, 0.2) is 205 Å². The van der Waals surface area contributed by atoms with Crippen molar-refractivity contribution >= 4 is 60.5 Å². The largest absolute Gasteiger partial charge is 0.455 e. The SMILES string of the molecule is [2H]c1c([2H])c(N(c2ccc(-c3cccc4ccccc34)cc2)c2ccc(-c3cccc4c3oc3ccccc34)cc2)c([2H])c([2H])c1-c1cccc2ccccc12. The van der Waals surface area contributed by atoms with Crippen molar-refractivity contribution in [3.8, 4) is 33.4 Å². The molecule has 1 heterocycles. The molecule has 0 fully saturated rings. The van der Waals surface area contributed by atoms with Crippen molar-refractivity contribution in [1.82, 2.24) is 0 Å². The van der Waals surface area contributed by atoms with Crippen LogP contribution in [0.3, 0.4) is 0 Å². The summed E-state index contributed by atoms with van der Waals surface area (Å²) in [5, 5.41) is 6.26. The fourth-order valence-corrected chi connectivity index (χ4v) is 7.43. The van der Waals surface area contributed by atoms with Crippen LogP contribution < -0.4 is 4.90 Å². The second kappa shape index (κ2) is 12.5. The first-order valence-electron chi connectivity index (χ1n) is 19.4. The fourth-order valence-electron chi connectivity index (χ4n) is 7.43. The number of hydrogen-bond acceptors (Lipinski definition) is 2. The van der Waals surface area contributed by atoms with Gasteiger partial charge in [-0.05, 0) is 91.8 Å². The Morgan fingerprint density at radius 1 is 0.346 bits per heavy atom. The number of hydrogen-bond donors (Lipinski definition) is 0.